The first kappa shape index (κ1) is 19.8. The number of amides is 2. The third-order valence-corrected chi connectivity index (χ3v) is 6.25. The minimum Gasteiger partial charge on any atom is -0.292 e. The fourth-order valence-electron chi connectivity index (χ4n) is 4.85. The van der Waals surface area contributed by atoms with Gasteiger partial charge in [-0.05, 0) is 24.6 Å². The van der Waals surface area contributed by atoms with Crippen LogP contribution in [0.25, 0.3) is 0 Å². The van der Waals surface area contributed by atoms with Crippen molar-refractivity contribution in [2.75, 3.05) is 4.90 Å². The number of carbonyl (C=O) groups is 3. The van der Waals surface area contributed by atoms with Gasteiger partial charge in [0.05, 0.1) is 28.5 Å². The van der Waals surface area contributed by atoms with E-state index in [4.69, 9.17) is 0 Å². The van der Waals surface area contributed by atoms with Crippen LogP contribution in [0, 0.1) is 28.9 Å². The summed E-state index contributed by atoms with van der Waals surface area (Å²) in [7, 11) is 0. The van der Waals surface area contributed by atoms with Crippen LogP contribution in [0.5, 0.6) is 0 Å². The van der Waals surface area contributed by atoms with E-state index in [9.17, 15) is 24.5 Å². The number of allylic oxidation sites excluding steroid dienone is 1. The lowest BCUT2D eigenvalue weighted by molar-refractivity contribution is -0.384. The number of Topliss-reactive ketones (excluding diaryl/α,β-unsaturated/α-hetero) is 1. The predicted molar refractivity (Wildman–Crippen MR) is 115 cm³/mol. The lowest BCUT2D eigenvalue weighted by atomic mass is 9.86. The van der Waals surface area contributed by atoms with Crippen LogP contribution in [0.1, 0.15) is 15.9 Å². The Bertz CT molecular complexity index is 1220. The second kappa shape index (κ2) is 7.23. The molecule has 0 spiro atoms. The molecule has 9 nitrogen and oxygen atoms in total. The van der Waals surface area contributed by atoms with Gasteiger partial charge in [-0.1, -0.05) is 36.4 Å². The highest BCUT2D eigenvalue weighted by Gasteiger charge is 2.64. The van der Waals surface area contributed by atoms with Gasteiger partial charge in [0, 0.05) is 23.9 Å². The second-order valence-corrected chi connectivity index (χ2v) is 7.99. The van der Waals surface area contributed by atoms with Gasteiger partial charge < -0.3 is 0 Å². The third kappa shape index (κ3) is 2.78. The van der Waals surface area contributed by atoms with Crippen molar-refractivity contribution in [1.82, 2.24) is 5.01 Å². The average Bonchev–Trinajstić information content (AvgIpc) is 3.27. The summed E-state index contributed by atoms with van der Waals surface area (Å²) in [6.45, 7) is 1.61. The molecular formula is C23H18N4O5. The second-order valence-electron chi connectivity index (χ2n) is 7.99. The van der Waals surface area contributed by atoms with Crippen molar-refractivity contribution in [3.63, 3.8) is 0 Å². The summed E-state index contributed by atoms with van der Waals surface area (Å²) in [6, 6.07) is 11.2. The van der Waals surface area contributed by atoms with E-state index >= 15 is 0 Å². The molecule has 160 valence electrons. The molecule has 0 N–H and O–H groups in total. The number of nitro groups is 1. The van der Waals surface area contributed by atoms with Crippen LogP contribution in [-0.2, 0) is 9.59 Å². The molecule has 5 rings (SSSR count). The van der Waals surface area contributed by atoms with E-state index in [0.29, 0.717) is 16.8 Å². The van der Waals surface area contributed by atoms with Crippen LogP contribution in [0.15, 0.2) is 65.8 Å². The van der Waals surface area contributed by atoms with Gasteiger partial charge in [0.1, 0.15) is 6.04 Å². The molecule has 0 aliphatic carbocycles. The van der Waals surface area contributed by atoms with Crippen molar-refractivity contribution >= 4 is 35.2 Å². The van der Waals surface area contributed by atoms with Gasteiger partial charge >= 0.3 is 0 Å². The van der Waals surface area contributed by atoms with Crippen molar-refractivity contribution in [3.8, 4) is 0 Å². The zero-order chi connectivity index (χ0) is 22.6. The van der Waals surface area contributed by atoms with Crippen LogP contribution in [0.4, 0.5) is 11.4 Å². The number of imide groups is 1. The molecular weight excluding hydrogens is 412 g/mol. The number of non-ortho nitro benzene ring substituents is 1. The number of benzene rings is 2. The fraction of sp³-hybridized carbons (Fsp3) is 0.217. The Kier molecular flexibility index (Phi) is 4.47. The van der Waals surface area contributed by atoms with Crippen LogP contribution in [-0.4, -0.2) is 45.8 Å². The molecule has 2 aromatic carbocycles. The molecule has 2 amide bonds. The van der Waals surface area contributed by atoms with Crippen molar-refractivity contribution < 1.29 is 19.3 Å². The number of nitrogens with zero attached hydrogens (tertiary/aromatic N) is 4. The smallest absolute Gasteiger partial charge is 0.269 e. The van der Waals surface area contributed by atoms with Crippen molar-refractivity contribution in [1.29, 1.82) is 0 Å². The van der Waals surface area contributed by atoms with Crippen molar-refractivity contribution in [2.45, 2.75) is 19.0 Å². The number of hydrazone groups is 1. The summed E-state index contributed by atoms with van der Waals surface area (Å²) in [5.74, 6) is -2.89. The van der Waals surface area contributed by atoms with E-state index in [1.165, 1.54) is 24.4 Å². The van der Waals surface area contributed by atoms with Gasteiger partial charge in [-0.2, -0.15) is 5.10 Å². The van der Waals surface area contributed by atoms with Crippen LogP contribution in [0.3, 0.4) is 0 Å². The first-order chi connectivity index (χ1) is 15.4. The SMILES string of the molecule is Cc1cc([N+](=O)[O-])ccc1N1C(=O)[C@@H]2[C@@H](C1=O)[C@@H]1C=CC=NN1[C@@H]2C(=O)c1ccccc1. The Balaban J connectivity index is 1.58. The molecule has 0 bridgehead atoms. The Morgan fingerprint density at radius 1 is 1.06 bits per heavy atom. The topological polar surface area (TPSA) is 113 Å². The zero-order valence-electron chi connectivity index (χ0n) is 17.0. The normalized spacial score (nSPS) is 25.8. The van der Waals surface area contributed by atoms with E-state index < -0.39 is 40.7 Å². The Labute approximate surface area is 182 Å². The number of aryl methyl sites for hydroxylation is 1. The molecule has 3 aliphatic heterocycles. The minimum absolute atomic E-state index is 0.126. The fourth-order valence-corrected chi connectivity index (χ4v) is 4.85. The molecule has 4 atom stereocenters. The maximum atomic E-state index is 13.6. The van der Waals surface area contributed by atoms with Gasteiger partial charge in [-0.25, -0.2) is 4.90 Å². The van der Waals surface area contributed by atoms with E-state index in [-0.39, 0.29) is 11.5 Å². The van der Waals surface area contributed by atoms with Gasteiger partial charge in [0.2, 0.25) is 11.8 Å². The molecule has 0 aromatic heterocycles. The molecule has 2 aromatic rings. The highest BCUT2D eigenvalue weighted by molar-refractivity contribution is 6.25. The van der Waals surface area contributed by atoms with E-state index in [1.807, 2.05) is 0 Å². The highest BCUT2D eigenvalue weighted by atomic mass is 16.6. The first-order valence-corrected chi connectivity index (χ1v) is 10.1. The number of hydrogen-bond acceptors (Lipinski definition) is 7. The lowest BCUT2D eigenvalue weighted by Gasteiger charge is -2.30. The Morgan fingerprint density at radius 3 is 2.47 bits per heavy atom. The summed E-state index contributed by atoms with van der Waals surface area (Å²) >= 11 is 0. The standard InChI is InChI=1S/C23H18N4O5/c1-13-12-15(27(31)32)9-10-16(13)25-22(29)18-17-8-5-11-24-26(17)20(19(18)23(25)30)21(28)14-6-3-2-4-7-14/h2-12,17-20H,1H3/t17-,18-,19+,20-/m0/s1. The summed E-state index contributed by atoms with van der Waals surface area (Å²) in [6.07, 6.45) is 5.02. The van der Waals surface area contributed by atoms with Crippen LogP contribution < -0.4 is 4.90 Å². The summed E-state index contributed by atoms with van der Waals surface area (Å²) in [5, 5.41) is 17.0. The monoisotopic (exact) mass is 430 g/mol. The zero-order valence-corrected chi connectivity index (χ0v) is 17.0. The summed E-state index contributed by atoms with van der Waals surface area (Å²) in [4.78, 5) is 52.1. The van der Waals surface area contributed by atoms with E-state index in [2.05, 4.69) is 5.10 Å². The van der Waals surface area contributed by atoms with Gasteiger partial charge in [0.25, 0.3) is 5.69 Å². The number of anilines is 1. The predicted octanol–water partition coefficient (Wildman–Crippen LogP) is 2.50. The summed E-state index contributed by atoms with van der Waals surface area (Å²) in [5.41, 5.74) is 1.03. The lowest BCUT2D eigenvalue weighted by Crippen LogP contribution is -2.46. The first-order valence-electron chi connectivity index (χ1n) is 10.1. The average molecular weight is 430 g/mol. The molecule has 2 saturated heterocycles. The van der Waals surface area contributed by atoms with Gasteiger partial charge in [-0.15, -0.1) is 0 Å². The Morgan fingerprint density at radius 2 is 1.78 bits per heavy atom. The third-order valence-electron chi connectivity index (χ3n) is 6.25. The number of carbonyl (C=O) groups excluding carboxylic acids is 3. The molecule has 2 fully saturated rings. The Hall–Kier alpha value is -4.14. The number of ketones is 1. The minimum atomic E-state index is -0.923. The van der Waals surface area contributed by atoms with E-state index in [1.54, 1.807) is 54.4 Å². The number of hydrogen-bond donors (Lipinski definition) is 0. The van der Waals surface area contributed by atoms with Gasteiger partial charge in [0.15, 0.2) is 5.78 Å². The quantitative estimate of drug-likeness (QED) is 0.319. The van der Waals surface area contributed by atoms with Crippen LogP contribution >= 0.6 is 0 Å². The molecule has 9 heteroatoms. The molecule has 3 heterocycles. The molecule has 0 radical (unpaired) electrons. The van der Waals surface area contributed by atoms with Gasteiger partial charge in [-0.3, -0.25) is 29.5 Å². The number of nitro benzene ring substituents is 1. The molecule has 3 aliphatic rings. The van der Waals surface area contributed by atoms with Crippen LogP contribution in [0.2, 0.25) is 0 Å². The van der Waals surface area contributed by atoms with Crippen molar-refractivity contribution in [2.24, 2.45) is 16.9 Å². The highest BCUT2D eigenvalue weighted by Crippen LogP contribution is 2.46. The van der Waals surface area contributed by atoms with E-state index in [0.717, 1.165) is 4.90 Å². The maximum Gasteiger partial charge on any atom is 0.269 e. The van der Waals surface area contributed by atoms with Crippen molar-refractivity contribution in [3.05, 3.63) is 81.9 Å². The summed E-state index contributed by atoms with van der Waals surface area (Å²) < 4.78 is 0. The molecule has 0 unspecified atom stereocenters. The molecule has 32 heavy (non-hydrogen) atoms. The number of fused-ring (bicyclic) bond motifs is 3. The number of rotatable bonds is 4. The molecule has 0 saturated carbocycles. The maximum absolute atomic E-state index is 13.6. The largest absolute Gasteiger partial charge is 0.292 e.